The maximum Gasteiger partial charge on any atom is 0.416 e. The van der Waals surface area contributed by atoms with Crippen LogP contribution in [-0.2, 0) is 23.2 Å². The van der Waals surface area contributed by atoms with E-state index in [2.05, 4.69) is 14.9 Å². The van der Waals surface area contributed by atoms with Crippen LogP contribution in [0.15, 0.2) is 69.8 Å². The van der Waals surface area contributed by atoms with Gasteiger partial charge in [-0.05, 0) is 48.2 Å². The Hall–Kier alpha value is -2.53. The molecular weight excluding hydrogens is 401 g/mol. The van der Waals surface area contributed by atoms with E-state index in [1.165, 1.54) is 18.1 Å². The summed E-state index contributed by atoms with van der Waals surface area (Å²) in [6.45, 7) is 0. The van der Waals surface area contributed by atoms with E-state index in [0.29, 0.717) is 10.1 Å². The number of aromatic nitrogens is 3. The number of hydrogen-bond donors (Lipinski definition) is 1. The molecule has 27 heavy (non-hydrogen) atoms. The summed E-state index contributed by atoms with van der Waals surface area (Å²) < 4.78 is 67.1. The van der Waals surface area contributed by atoms with E-state index in [4.69, 9.17) is 0 Å². The zero-order chi connectivity index (χ0) is 19.7. The van der Waals surface area contributed by atoms with Gasteiger partial charge >= 0.3 is 6.18 Å². The van der Waals surface area contributed by atoms with Gasteiger partial charge in [0.1, 0.15) is 6.33 Å². The highest BCUT2D eigenvalue weighted by molar-refractivity contribution is 7.99. The molecule has 6 nitrogen and oxygen atoms in total. The topological polar surface area (TPSA) is 76.9 Å². The van der Waals surface area contributed by atoms with Crippen molar-refractivity contribution in [3.8, 4) is 0 Å². The number of hydrogen-bond acceptors (Lipinski definition) is 5. The summed E-state index contributed by atoms with van der Waals surface area (Å²) in [5.74, 6) is 0. The van der Waals surface area contributed by atoms with E-state index in [1.807, 2.05) is 0 Å². The molecule has 3 aromatic rings. The molecule has 0 radical (unpaired) electrons. The van der Waals surface area contributed by atoms with Gasteiger partial charge in [0, 0.05) is 11.9 Å². The molecule has 0 aliphatic rings. The van der Waals surface area contributed by atoms with Crippen molar-refractivity contribution in [1.29, 1.82) is 0 Å². The van der Waals surface area contributed by atoms with E-state index in [-0.39, 0.29) is 10.6 Å². The molecule has 1 aromatic heterocycles. The van der Waals surface area contributed by atoms with Crippen molar-refractivity contribution in [2.24, 2.45) is 7.05 Å². The summed E-state index contributed by atoms with van der Waals surface area (Å²) in [5, 5.41) is 8.24. The Balaban J connectivity index is 1.87. The minimum atomic E-state index is -4.53. The minimum absolute atomic E-state index is 0.269. The Morgan fingerprint density at radius 3 is 2.33 bits per heavy atom. The summed E-state index contributed by atoms with van der Waals surface area (Å²) in [6.07, 6.45) is -3.02. The van der Waals surface area contributed by atoms with E-state index >= 15 is 0 Å². The molecular formula is C16H13F3N4O2S2. The van der Waals surface area contributed by atoms with Gasteiger partial charge in [-0.15, -0.1) is 10.2 Å². The third kappa shape index (κ3) is 4.42. The Morgan fingerprint density at radius 2 is 1.74 bits per heavy atom. The second kappa shape index (κ2) is 7.24. The second-order valence-electron chi connectivity index (χ2n) is 5.45. The number of benzene rings is 2. The van der Waals surface area contributed by atoms with Crippen LogP contribution in [0.3, 0.4) is 0 Å². The van der Waals surface area contributed by atoms with E-state index < -0.39 is 21.8 Å². The maximum atomic E-state index is 12.6. The van der Waals surface area contributed by atoms with E-state index in [0.717, 1.165) is 24.3 Å². The van der Waals surface area contributed by atoms with Gasteiger partial charge in [0.15, 0.2) is 5.16 Å². The lowest BCUT2D eigenvalue weighted by atomic mass is 10.2. The van der Waals surface area contributed by atoms with Crippen LogP contribution in [0.5, 0.6) is 0 Å². The van der Waals surface area contributed by atoms with E-state index in [1.54, 1.807) is 35.9 Å². The molecule has 142 valence electrons. The number of aryl methyl sites for hydroxylation is 1. The highest BCUT2D eigenvalue weighted by atomic mass is 32.2. The van der Waals surface area contributed by atoms with Crippen LogP contribution in [0, 0.1) is 0 Å². The van der Waals surface area contributed by atoms with Crippen molar-refractivity contribution >= 4 is 27.5 Å². The fourth-order valence-electron chi connectivity index (χ4n) is 2.13. The quantitative estimate of drug-likeness (QED) is 0.688. The van der Waals surface area contributed by atoms with Crippen molar-refractivity contribution in [2.45, 2.75) is 21.1 Å². The molecule has 0 atom stereocenters. The van der Waals surface area contributed by atoms with E-state index in [9.17, 15) is 21.6 Å². The number of para-hydroxylation sites is 1. The van der Waals surface area contributed by atoms with Gasteiger partial charge in [-0.25, -0.2) is 8.42 Å². The van der Waals surface area contributed by atoms with Crippen LogP contribution in [0.1, 0.15) is 5.56 Å². The molecule has 3 rings (SSSR count). The molecule has 0 bridgehead atoms. The highest BCUT2D eigenvalue weighted by Gasteiger charge is 2.30. The van der Waals surface area contributed by atoms with Gasteiger partial charge in [0.25, 0.3) is 10.0 Å². The van der Waals surface area contributed by atoms with Gasteiger partial charge in [-0.2, -0.15) is 13.2 Å². The molecule has 0 unspecified atom stereocenters. The largest absolute Gasteiger partial charge is 0.416 e. The van der Waals surface area contributed by atoms with Gasteiger partial charge in [-0.3, -0.25) is 4.72 Å². The van der Waals surface area contributed by atoms with Gasteiger partial charge in [0.2, 0.25) is 0 Å². The molecule has 0 spiro atoms. The number of nitrogens with zero attached hydrogens (tertiary/aromatic N) is 3. The van der Waals surface area contributed by atoms with Crippen molar-refractivity contribution in [3.63, 3.8) is 0 Å². The summed E-state index contributed by atoms with van der Waals surface area (Å²) in [6, 6.07) is 9.93. The van der Waals surface area contributed by atoms with Crippen LogP contribution in [-0.4, -0.2) is 23.2 Å². The number of sulfonamides is 1. The van der Waals surface area contributed by atoms with Gasteiger partial charge in [-0.1, -0.05) is 12.1 Å². The molecule has 2 aromatic carbocycles. The fraction of sp³-hybridized carbons (Fsp3) is 0.125. The first kappa shape index (κ1) is 19.2. The molecule has 0 saturated heterocycles. The van der Waals surface area contributed by atoms with Crippen molar-refractivity contribution < 1.29 is 21.6 Å². The molecule has 0 aliphatic heterocycles. The van der Waals surface area contributed by atoms with Crippen LogP contribution in [0.4, 0.5) is 18.9 Å². The number of nitrogens with one attached hydrogen (secondary N) is 1. The average Bonchev–Trinajstić information content (AvgIpc) is 3.01. The first-order chi connectivity index (χ1) is 12.7. The number of anilines is 1. The lowest BCUT2D eigenvalue weighted by Gasteiger charge is -2.13. The van der Waals surface area contributed by atoms with Gasteiger partial charge < -0.3 is 4.57 Å². The fourth-order valence-corrected chi connectivity index (χ4v) is 4.13. The minimum Gasteiger partial charge on any atom is -0.311 e. The predicted octanol–water partition coefficient (Wildman–Crippen LogP) is 3.79. The summed E-state index contributed by atoms with van der Waals surface area (Å²) in [7, 11) is -2.31. The van der Waals surface area contributed by atoms with Crippen LogP contribution in [0.25, 0.3) is 0 Å². The molecule has 0 saturated carbocycles. The molecule has 1 heterocycles. The van der Waals surface area contributed by atoms with Crippen molar-refractivity contribution in [1.82, 2.24) is 14.8 Å². The summed E-state index contributed by atoms with van der Waals surface area (Å²) in [4.78, 5) is 0.304. The molecule has 0 amide bonds. The molecule has 1 N–H and O–H groups in total. The Bertz CT molecular complexity index is 1050. The third-order valence-corrected chi connectivity index (χ3v) is 6.00. The van der Waals surface area contributed by atoms with Crippen molar-refractivity contribution in [3.05, 3.63) is 60.4 Å². The number of halogens is 3. The standard InChI is InChI=1S/C16H13F3N4O2S2/c1-23-10-20-21-15(23)26-14-5-3-2-4-13(14)22-27(24,25)12-8-6-11(7-9-12)16(17,18)19/h2-10,22H,1H3. The average molecular weight is 414 g/mol. The molecule has 0 fully saturated rings. The maximum absolute atomic E-state index is 12.6. The highest BCUT2D eigenvalue weighted by Crippen LogP contribution is 2.34. The second-order valence-corrected chi connectivity index (χ2v) is 8.14. The lowest BCUT2D eigenvalue weighted by molar-refractivity contribution is -0.137. The summed E-state index contributed by atoms with van der Waals surface area (Å²) >= 11 is 1.20. The smallest absolute Gasteiger partial charge is 0.311 e. The zero-order valence-electron chi connectivity index (χ0n) is 13.8. The Kier molecular flexibility index (Phi) is 5.16. The Morgan fingerprint density at radius 1 is 1.07 bits per heavy atom. The predicted molar refractivity (Wildman–Crippen MR) is 93.8 cm³/mol. The van der Waals surface area contributed by atoms with Crippen molar-refractivity contribution in [2.75, 3.05) is 4.72 Å². The van der Waals surface area contributed by atoms with Crippen LogP contribution < -0.4 is 4.72 Å². The SMILES string of the molecule is Cn1cnnc1Sc1ccccc1NS(=O)(=O)c1ccc(C(F)(F)F)cc1. The molecule has 11 heteroatoms. The Labute approximate surface area is 157 Å². The number of alkyl halides is 3. The number of rotatable bonds is 5. The monoisotopic (exact) mass is 414 g/mol. The van der Waals surface area contributed by atoms with Gasteiger partial charge in [0.05, 0.1) is 16.1 Å². The molecule has 0 aliphatic carbocycles. The normalized spacial score (nSPS) is 12.1. The van der Waals surface area contributed by atoms with Crippen LogP contribution in [0.2, 0.25) is 0 Å². The summed E-state index contributed by atoms with van der Waals surface area (Å²) in [5.41, 5.74) is -0.634. The first-order valence-electron chi connectivity index (χ1n) is 7.48. The lowest BCUT2D eigenvalue weighted by Crippen LogP contribution is -2.14. The zero-order valence-corrected chi connectivity index (χ0v) is 15.4. The third-order valence-electron chi connectivity index (χ3n) is 3.49. The first-order valence-corrected chi connectivity index (χ1v) is 9.78. The van der Waals surface area contributed by atoms with Crippen LogP contribution >= 0.6 is 11.8 Å².